The smallest absolute Gasteiger partial charge is 0.139 e. The molecule has 5 nitrogen and oxygen atoms in total. The van der Waals surface area contributed by atoms with Crippen LogP contribution < -0.4 is 5.32 Å². The molecule has 2 aromatic heterocycles. The second-order valence-corrected chi connectivity index (χ2v) is 9.60. The minimum Gasteiger partial charge on any atom is -0.330 e. The van der Waals surface area contributed by atoms with E-state index >= 15 is 0 Å². The Kier molecular flexibility index (Phi) is 5.03. The number of hydrogen-bond acceptors (Lipinski definition) is 6. The highest BCUT2D eigenvalue weighted by Crippen LogP contribution is 2.49. The summed E-state index contributed by atoms with van der Waals surface area (Å²) in [6.45, 7) is 7.11. The zero-order chi connectivity index (χ0) is 20.7. The van der Waals surface area contributed by atoms with Crippen molar-refractivity contribution in [1.29, 1.82) is 0 Å². The molecule has 1 fully saturated rings. The van der Waals surface area contributed by atoms with Gasteiger partial charge in [-0.05, 0) is 54.1 Å². The van der Waals surface area contributed by atoms with Crippen LogP contribution >= 0.6 is 11.5 Å². The largest absolute Gasteiger partial charge is 0.330 e. The van der Waals surface area contributed by atoms with E-state index in [0.29, 0.717) is 5.92 Å². The van der Waals surface area contributed by atoms with Gasteiger partial charge in [0.15, 0.2) is 0 Å². The Labute approximate surface area is 180 Å². The highest BCUT2D eigenvalue weighted by molar-refractivity contribution is 7.10. The van der Waals surface area contributed by atoms with E-state index in [1.165, 1.54) is 22.7 Å². The maximum Gasteiger partial charge on any atom is 0.139 e. The maximum atomic E-state index is 13.4. The normalized spacial score (nSPS) is 17.7. The number of halogens is 1. The number of nitrogens with one attached hydrogen (secondary N) is 1. The van der Waals surface area contributed by atoms with Crippen LogP contribution in [0.2, 0.25) is 0 Å². The first-order valence-corrected chi connectivity index (χ1v) is 11.3. The molecule has 30 heavy (non-hydrogen) atoms. The average Bonchev–Trinajstić information content (AvgIpc) is 3.36. The van der Waals surface area contributed by atoms with E-state index in [0.717, 1.165) is 61.1 Å². The fourth-order valence-electron chi connectivity index (χ4n) is 4.30. The highest BCUT2D eigenvalue weighted by Gasteiger charge is 2.45. The van der Waals surface area contributed by atoms with Crippen molar-refractivity contribution in [3.05, 3.63) is 65.0 Å². The minimum absolute atomic E-state index is 0.165. The summed E-state index contributed by atoms with van der Waals surface area (Å²) in [5, 5.41) is 4.50. The fraction of sp³-hybridized carbons (Fsp3) is 0.435. The van der Waals surface area contributed by atoms with Crippen LogP contribution in [0.15, 0.2) is 36.7 Å². The molecule has 0 bridgehead atoms. The van der Waals surface area contributed by atoms with Crippen molar-refractivity contribution in [3.8, 4) is 0 Å². The number of anilines is 2. The Morgan fingerprint density at radius 1 is 1.20 bits per heavy atom. The van der Waals surface area contributed by atoms with Gasteiger partial charge in [0.2, 0.25) is 0 Å². The molecule has 3 heterocycles. The Hall–Kier alpha value is -2.38. The molecule has 1 N–H and O–H groups in total. The minimum atomic E-state index is -0.169. The Balaban J connectivity index is 1.34. The van der Waals surface area contributed by atoms with Crippen LogP contribution in [0.5, 0.6) is 0 Å². The van der Waals surface area contributed by atoms with Gasteiger partial charge in [-0.3, -0.25) is 4.90 Å². The average molecular weight is 424 g/mol. The zero-order valence-electron chi connectivity index (χ0n) is 17.4. The summed E-state index contributed by atoms with van der Waals surface area (Å²) in [6, 6.07) is 9.17. The van der Waals surface area contributed by atoms with Crippen molar-refractivity contribution in [2.45, 2.75) is 51.0 Å². The standard InChI is InChI=1S/C23H26FN5S/c1-15(2)20-11-21(30-28-20)27-22-18-12-29(10-7-19(18)25-14-26-22)13-23(8-9-23)16-3-5-17(24)6-4-16/h3-6,11,14-15H,7-10,12-13H2,1-2H3,(H,25,26,27). The second kappa shape index (κ2) is 7.71. The third kappa shape index (κ3) is 3.84. The molecule has 5 rings (SSSR count). The third-order valence-electron chi connectivity index (χ3n) is 6.28. The van der Waals surface area contributed by atoms with E-state index in [-0.39, 0.29) is 11.2 Å². The summed E-state index contributed by atoms with van der Waals surface area (Å²) in [4.78, 5) is 11.6. The van der Waals surface area contributed by atoms with E-state index in [4.69, 9.17) is 0 Å². The molecular weight excluding hydrogens is 397 g/mol. The van der Waals surface area contributed by atoms with E-state index in [9.17, 15) is 4.39 Å². The van der Waals surface area contributed by atoms with Gasteiger partial charge in [0.1, 0.15) is 23.0 Å². The van der Waals surface area contributed by atoms with Gasteiger partial charge in [0.25, 0.3) is 0 Å². The lowest BCUT2D eigenvalue weighted by atomic mass is 9.94. The topological polar surface area (TPSA) is 53.9 Å². The highest BCUT2D eigenvalue weighted by atomic mass is 32.1. The monoisotopic (exact) mass is 423 g/mol. The molecule has 1 aliphatic heterocycles. The third-order valence-corrected chi connectivity index (χ3v) is 7.00. The molecule has 0 atom stereocenters. The van der Waals surface area contributed by atoms with Crippen LogP contribution in [0.1, 0.15) is 55.1 Å². The van der Waals surface area contributed by atoms with Gasteiger partial charge in [0.05, 0.1) is 11.4 Å². The number of fused-ring (bicyclic) bond motifs is 1. The first-order valence-electron chi connectivity index (χ1n) is 10.6. The molecule has 1 saturated carbocycles. The molecule has 0 spiro atoms. The van der Waals surface area contributed by atoms with Gasteiger partial charge < -0.3 is 5.32 Å². The summed E-state index contributed by atoms with van der Waals surface area (Å²) in [7, 11) is 0. The van der Waals surface area contributed by atoms with Gasteiger partial charge in [-0.1, -0.05) is 26.0 Å². The molecule has 0 unspecified atom stereocenters. The summed E-state index contributed by atoms with van der Waals surface area (Å²) in [5.41, 5.74) is 4.82. The fourth-order valence-corrected chi connectivity index (χ4v) is 5.08. The second-order valence-electron chi connectivity index (χ2n) is 8.79. The zero-order valence-corrected chi connectivity index (χ0v) is 18.2. The van der Waals surface area contributed by atoms with Crippen LogP contribution in [-0.2, 0) is 18.4 Å². The molecule has 1 aliphatic carbocycles. The van der Waals surface area contributed by atoms with Crippen LogP contribution in [0.3, 0.4) is 0 Å². The van der Waals surface area contributed by atoms with Gasteiger partial charge in [-0.25, -0.2) is 14.4 Å². The molecule has 0 amide bonds. The molecule has 3 aromatic rings. The number of aromatic nitrogens is 3. The molecule has 156 valence electrons. The van der Waals surface area contributed by atoms with E-state index in [1.54, 1.807) is 18.5 Å². The van der Waals surface area contributed by atoms with Gasteiger partial charge in [0, 0.05) is 37.0 Å². The van der Waals surface area contributed by atoms with Crippen molar-refractivity contribution in [2.24, 2.45) is 0 Å². The lowest BCUT2D eigenvalue weighted by Gasteiger charge is -2.32. The first-order chi connectivity index (χ1) is 14.5. The molecular formula is C23H26FN5S. The van der Waals surface area contributed by atoms with Gasteiger partial charge in [-0.15, -0.1) is 0 Å². The van der Waals surface area contributed by atoms with Crippen molar-refractivity contribution < 1.29 is 4.39 Å². The van der Waals surface area contributed by atoms with Crippen molar-refractivity contribution in [2.75, 3.05) is 18.4 Å². The molecule has 1 aromatic carbocycles. The molecule has 2 aliphatic rings. The Bertz CT molecular complexity index is 1040. The first kappa shape index (κ1) is 19.6. The Morgan fingerprint density at radius 3 is 2.70 bits per heavy atom. The number of hydrogen-bond donors (Lipinski definition) is 1. The van der Waals surface area contributed by atoms with Crippen LogP contribution in [-0.4, -0.2) is 32.3 Å². The maximum absolute atomic E-state index is 13.4. The summed E-state index contributed by atoms with van der Waals surface area (Å²) in [6.07, 6.45) is 4.91. The quantitative estimate of drug-likeness (QED) is 0.603. The van der Waals surface area contributed by atoms with Crippen LogP contribution in [0.25, 0.3) is 0 Å². The van der Waals surface area contributed by atoms with E-state index in [2.05, 4.69) is 44.5 Å². The summed E-state index contributed by atoms with van der Waals surface area (Å²) < 4.78 is 17.9. The van der Waals surface area contributed by atoms with Gasteiger partial charge >= 0.3 is 0 Å². The lowest BCUT2D eigenvalue weighted by Crippen LogP contribution is -2.37. The molecule has 0 radical (unpaired) electrons. The van der Waals surface area contributed by atoms with Crippen molar-refractivity contribution in [1.82, 2.24) is 19.2 Å². The SMILES string of the molecule is CC(C)c1cc(Nc2ncnc3c2CN(CC2(c4ccc(F)cc4)CC2)CC3)sn1. The van der Waals surface area contributed by atoms with E-state index < -0.39 is 0 Å². The lowest BCUT2D eigenvalue weighted by molar-refractivity contribution is 0.229. The number of nitrogens with zero attached hydrogens (tertiary/aromatic N) is 4. The number of benzene rings is 1. The van der Waals surface area contributed by atoms with Crippen LogP contribution in [0.4, 0.5) is 15.2 Å². The van der Waals surface area contributed by atoms with Crippen LogP contribution in [0, 0.1) is 5.82 Å². The van der Waals surface area contributed by atoms with Crippen molar-refractivity contribution in [3.63, 3.8) is 0 Å². The molecule has 7 heteroatoms. The van der Waals surface area contributed by atoms with Crippen molar-refractivity contribution >= 4 is 22.4 Å². The predicted octanol–water partition coefficient (Wildman–Crippen LogP) is 5.03. The predicted molar refractivity (Wildman–Crippen MR) is 118 cm³/mol. The Morgan fingerprint density at radius 2 is 2.00 bits per heavy atom. The van der Waals surface area contributed by atoms with E-state index in [1.807, 2.05) is 12.1 Å². The summed E-state index contributed by atoms with van der Waals surface area (Å²) in [5.74, 6) is 1.13. The number of rotatable bonds is 6. The molecule has 0 saturated heterocycles. The van der Waals surface area contributed by atoms with Gasteiger partial charge in [-0.2, -0.15) is 4.37 Å². The summed E-state index contributed by atoms with van der Waals surface area (Å²) >= 11 is 1.48.